The molecule has 1 saturated carbocycles. The van der Waals surface area contributed by atoms with Crippen LogP contribution in [0.3, 0.4) is 0 Å². The molecule has 0 spiro atoms. The highest BCUT2D eigenvalue weighted by Gasteiger charge is 2.36. The molecule has 1 amide bonds. The molecule has 3 atom stereocenters. The van der Waals surface area contributed by atoms with Gasteiger partial charge in [-0.3, -0.25) is 0 Å². The van der Waals surface area contributed by atoms with Crippen LogP contribution >= 0.6 is 0 Å². The van der Waals surface area contributed by atoms with Gasteiger partial charge in [0.05, 0.1) is 6.61 Å². The monoisotopic (exact) mass is 312 g/mol. The van der Waals surface area contributed by atoms with Crippen molar-refractivity contribution in [2.45, 2.75) is 77.1 Å². The van der Waals surface area contributed by atoms with Gasteiger partial charge in [0.15, 0.2) is 0 Å². The maximum Gasteiger partial charge on any atom is 0.410 e. The second kappa shape index (κ2) is 7.18. The minimum absolute atomic E-state index is 0.186. The molecule has 1 saturated heterocycles. The largest absolute Gasteiger partial charge is 0.444 e. The average Bonchev–Trinajstić information content (AvgIpc) is 3.20. The SMILES string of the molecule is COCC(NC1CCN(C(=O)OC(C)(C)C)C(C)C1)C1CC1. The van der Waals surface area contributed by atoms with Crippen LogP contribution in [0.5, 0.6) is 0 Å². The number of ether oxygens (including phenoxy) is 2. The smallest absolute Gasteiger partial charge is 0.410 e. The van der Waals surface area contributed by atoms with E-state index in [-0.39, 0.29) is 12.1 Å². The predicted molar refractivity (Wildman–Crippen MR) is 86.9 cm³/mol. The topological polar surface area (TPSA) is 50.8 Å². The Morgan fingerprint density at radius 2 is 2.00 bits per heavy atom. The summed E-state index contributed by atoms with van der Waals surface area (Å²) in [4.78, 5) is 14.1. The lowest BCUT2D eigenvalue weighted by Gasteiger charge is -2.39. The highest BCUT2D eigenvalue weighted by molar-refractivity contribution is 5.68. The van der Waals surface area contributed by atoms with Gasteiger partial charge >= 0.3 is 6.09 Å². The first-order chi connectivity index (χ1) is 10.3. The maximum atomic E-state index is 12.2. The van der Waals surface area contributed by atoms with E-state index in [1.54, 1.807) is 7.11 Å². The number of hydrogen-bond donors (Lipinski definition) is 1. The summed E-state index contributed by atoms with van der Waals surface area (Å²) >= 11 is 0. The molecule has 128 valence electrons. The van der Waals surface area contributed by atoms with Crippen molar-refractivity contribution in [1.82, 2.24) is 10.2 Å². The molecule has 0 bridgehead atoms. The van der Waals surface area contributed by atoms with Gasteiger partial charge in [-0.15, -0.1) is 0 Å². The molecule has 1 heterocycles. The number of nitrogens with zero attached hydrogens (tertiary/aromatic N) is 1. The summed E-state index contributed by atoms with van der Waals surface area (Å²) in [6.45, 7) is 9.39. The Balaban J connectivity index is 1.82. The number of rotatable bonds is 5. The molecule has 1 N–H and O–H groups in total. The van der Waals surface area contributed by atoms with E-state index in [1.807, 2.05) is 25.7 Å². The van der Waals surface area contributed by atoms with Crippen molar-refractivity contribution in [1.29, 1.82) is 0 Å². The van der Waals surface area contributed by atoms with Crippen molar-refractivity contribution in [3.8, 4) is 0 Å². The molecule has 1 aliphatic carbocycles. The fourth-order valence-electron chi connectivity index (χ4n) is 3.22. The van der Waals surface area contributed by atoms with Crippen LogP contribution in [0, 0.1) is 5.92 Å². The van der Waals surface area contributed by atoms with E-state index >= 15 is 0 Å². The van der Waals surface area contributed by atoms with Crippen molar-refractivity contribution in [3.05, 3.63) is 0 Å². The Labute approximate surface area is 134 Å². The third-order valence-corrected chi connectivity index (χ3v) is 4.49. The van der Waals surface area contributed by atoms with E-state index in [2.05, 4.69) is 12.2 Å². The lowest BCUT2D eigenvalue weighted by atomic mass is 9.97. The summed E-state index contributed by atoms with van der Waals surface area (Å²) in [5.41, 5.74) is -0.429. The zero-order chi connectivity index (χ0) is 16.3. The van der Waals surface area contributed by atoms with E-state index in [1.165, 1.54) is 12.8 Å². The average molecular weight is 312 g/mol. The first-order valence-corrected chi connectivity index (χ1v) is 8.54. The number of likely N-dealkylation sites (tertiary alicyclic amines) is 1. The summed E-state index contributed by atoms with van der Waals surface area (Å²) in [5.74, 6) is 0.777. The maximum absolute atomic E-state index is 12.2. The normalized spacial score (nSPS) is 27.6. The third kappa shape index (κ3) is 5.13. The minimum Gasteiger partial charge on any atom is -0.444 e. The van der Waals surface area contributed by atoms with Gasteiger partial charge in [-0.2, -0.15) is 0 Å². The van der Waals surface area contributed by atoms with Gasteiger partial charge in [0.25, 0.3) is 0 Å². The van der Waals surface area contributed by atoms with Crippen LogP contribution < -0.4 is 5.32 Å². The van der Waals surface area contributed by atoms with E-state index in [0.29, 0.717) is 12.1 Å². The van der Waals surface area contributed by atoms with Gasteiger partial charge < -0.3 is 19.7 Å². The molecule has 22 heavy (non-hydrogen) atoms. The molecular formula is C17H32N2O3. The lowest BCUT2D eigenvalue weighted by molar-refractivity contribution is 0.00829. The second-order valence-corrected chi connectivity index (χ2v) is 7.81. The summed E-state index contributed by atoms with van der Waals surface area (Å²) in [7, 11) is 1.77. The number of nitrogens with one attached hydrogen (secondary N) is 1. The van der Waals surface area contributed by atoms with Crippen LogP contribution in [0.25, 0.3) is 0 Å². The van der Waals surface area contributed by atoms with Gasteiger partial charge in [-0.25, -0.2) is 4.79 Å². The number of amides is 1. The predicted octanol–water partition coefficient (Wildman–Crippen LogP) is 2.79. The highest BCUT2D eigenvalue weighted by Crippen LogP contribution is 2.33. The quantitative estimate of drug-likeness (QED) is 0.848. The first kappa shape index (κ1) is 17.5. The summed E-state index contributed by atoms with van der Waals surface area (Å²) in [5, 5.41) is 3.75. The lowest BCUT2D eigenvalue weighted by Crippen LogP contribution is -2.53. The summed E-state index contributed by atoms with van der Waals surface area (Å²) in [6, 6.07) is 1.15. The van der Waals surface area contributed by atoms with E-state index in [9.17, 15) is 4.79 Å². The van der Waals surface area contributed by atoms with Crippen LogP contribution in [0.4, 0.5) is 4.79 Å². The molecule has 2 rings (SSSR count). The molecule has 3 unspecified atom stereocenters. The molecule has 0 aromatic rings. The van der Waals surface area contributed by atoms with Crippen molar-refractivity contribution in [2.24, 2.45) is 5.92 Å². The van der Waals surface area contributed by atoms with E-state index in [0.717, 1.165) is 31.9 Å². The molecule has 0 radical (unpaired) electrons. The fraction of sp³-hybridized carbons (Fsp3) is 0.941. The Hall–Kier alpha value is -0.810. The first-order valence-electron chi connectivity index (χ1n) is 8.54. The fourth-order valence-corrected chi connectivity index (χ4v) is 3.22. The van der Waals surface area contributed by atoms with Crippen LogP contribution in [-0.2, 0) is 9.47 Å². The number of hydrogen-bond acceptors (Lipinski definition) is 4. The van der Waals surface area contributed by atoms with Crippen LogP contribution in [0.15, 0.2) is 0 Å². The highest BCUT2D eigenvalue weighted by atomic mass is 16.6. The van der Waals surface area contributed by atoms with Crippen LogP contribution in [-0.4, -0.2) is 55.0 Å². The van der Waals surface area contributed by atoms with Crippen molar-refractivity contribution in [3.63, 3.8) is 0 Å². The van der Waals surface area contributed by atoms with Gasteiger partial charge in [0.1, 0.15) is 5.60 Å². The molecule has 2 aliphatic rings. The van der Waals surface area contributed by atoms with E-state index in [4.69, 9.17) is 9.47 Å². The summed E-state index contributed by atoms with van der Waals surface area (Å²) in [6.07, 6.45) is 4.40. The van der Waals surface area contributed by atoms with Crippen LogP contribution in [0.1, 0.15) is 53.4 Å². The summed E-state index contributed by atoms with van der Waals surface area (Å²) < 4.78 is 10.8. The number of carbonyl (C=O) groups is 1. The molecule has 5 nitrogen and oxygen atoms in total. The molecule has 1 aliphatic heterocycles. The molecular weight excluding hydrogens is 280 g/mol. The Bertz CT molecular complexity index is 377. The van der Waals surface area contributed by atoms with Crippen molar-refractivity contribution < 1.29 is 14.3 Å². The van der Waals surface area contributed by atoms with Gasteiger partial charge in [-0.1, -0.05) is 0 Å². The van der Waals surface area contributed by atoms with Crippen molar-refractivity contribution in [2.75, 3.05) is 20.3 Å². The van der Waals surface area contributed by atoms with Gasteiger partial charge in [0.2, 0.25) is 0 Å². The third-order valence-electron chi connectivity index (χ3n) is 4.49. The number of methoxy groups -OCH3 is 1. The Morgan fingerprint density at radius 3 is 2.50 bits per heavy atom. The van der Waals surface area contributed by atoms with E-state index < -0.39 is 5.60 Å². The Morgan fingerprint density at radius 1 is 1.32 bits per heavy atom. The molecule has 2 fully saturated rings. The zero-order valence-electron chi connectivity index (χ0n) is 14.7. The minimum atomic E-state index is -0.429. The Kier molecular flexibility index (Phi) is 5.72. The van der Waals surface area contributed by atoms with Crippen molar-refractivity contribution >= 4 is 6.09 Å². The van der Waals surface area contributed by atoms with Crippen LogP contribution in [0.2, 0.25) is 0 Å². The van der Waals surface area contributed by atoms with Gasteiger partial charge in [-0.05, 0) is 59.3 Å². The second-order valence-electron chi connectivity index (χ2n) is 7.81. The molecule has 0 aromatic carbocycles. The standard InChI is InChI=1S/C17H32N2O3/c1-12-10-14(18-15(11-21-5)13-6-7-13)8-9-19(12)16(20)22-17(2,3)4/h12-15,18H,6-11H2,1-5H3. The van der Waals surface area contributed by atoms with Gasteiger partial charge in [0, 0.05) is 31.8 Å². The zero-order valence-corrected chi connectivity index (χ0v) is 14.7. The molecule has 5 heteroatoms. The molecule has 0 aromatic heterocycles. The number of carbonyl (C=O) groups excluding carboxylic acids is 1. The number of piperidine rings is 1.